The molecule has 186 valence electrons. The van der Waals surface area contributed by atoms with Gasteiger partial charge >= 0.3 is 12.1 Å². The summed E-state index contributed by atoms with van der Waals surface area (Å²) < 4.78 is 10.6. The van der Waals surface area contributed by atoms with Crippen molar-refractivity contribution in [3.8, 4) is 11.1 Å². The van der Waals surface area contributed by atoms with Crippen LogP contribution < -0.4 is 5.32 Å². The Hall–Kier alpha value is -3.39. The molecule has 0 spiro atoms. The second-order valence-electron chi connectivity index (χ2n) is 9.25. The van der Waals surface area contributed by atoms with Gasteiger partial charge in [-0.25, -0.2) is 4.79 Å². The predicted octanol–water partition coefficient (Wildman–Crippen LogP) is 3.64. The molecule has 2 N–H and O–H groups in total. The summed E-state index contributed by atoms with van der Waals surface area (Å²) in [4.78, 5) is 37.6. The van der Waals surface area contributed by atoms with E-state index < -0.39 is 12.1 Å². The molecule has 2 atom stereocenters. The molecular formula is C27H32N2O6. The minimum Gasteiger partial charge on any atom is -0.480 e. The van der Waals surface area contributed by atoms with Crippen LogP contribution in [0.2, 0.25) is 0 Å². The Labute approximate surface area is 205 Å². The molecule has 8 heteroatoms. The SMILES string of the molecule is COCCN(CC(=O)O)C(=O)C[C@@H]1CC[C@H](NC(=O)OCC2c3ccccc3-c3ccccc32)C1. The van der Waals surface area contributed by atoms with Gasteiger partial charge in [-0.2, -0.15) is 0 Å². The Morgan fingerprint density at radius 2 is 1.69 bits per heavy atom. The minimum absolute atomic E-state index is 0.00872. The predicted molar refractivity (Wildman–Crippen MR) is 130 cm³/mol. The standard InChI is InChI=1S/C27H32N2O6/c1-34-13-12-29(16-26(31)32)25(30)15-18-10-11-19(14-18)28-27(33)35-17-24-22-8-4-2-6-20(22)21-7-3-5-9-23(21)24/h2-9,18-19,24H,10-17H2,1H3,(H,28,33)(H,31,32)/t18-,19+/m1/s1. The average molecular weight is 481 g/mol. The van der Waals surface area contributed by atoms with Crippen molar-refractivity contribution in [1.82, 2.24) is 10.2 Å². The van der Waals surface area contributed by atoms with Crippen molar-refractivity contribution in [2.24, 2.45) is 5.92 Å². The van der Waals surface area contributed by atoms with Crippen LogP contribution in [0.1, 0.15) is 42.7 Å². The second kappa shape index (κ2) is 11.4. The van der Waals surface area contributed by atoms with Gasteiger partial charge in [0.25, 0.3) is 0 Å². The molecule has 2 amide bonds. The van der Waals surface area contributed by atoms with Crippen LogP contribution in [0.25, 0.3) is 11.1 Å². The Morgan fingerprint density at radius 1 is 1.03 bits per heavy atom. The fourth-order valence-corrected chi connectivity index (χ4v) is 5.23. The Morgan fingerprint density at radius 3 is 2.31 bits per heavy atom. The van der Waals surface area contributed by atoms with Crippen molar-refractivity contribution >= 4 is 18.0 Å². The third kappa shape index (κ3) is 6.00. The molecular weight excluding hydrogens is 448 g/mol. The number of hydrogen-bond acceptors (Lipinski definition) is 5. The molecule has 4 rings (SSSR count). The van der Waals surface area contributed by atoms with E-state index in [0.29, 0.717) is 6.42 Å². The smallest absolute Gasteiger partial charge is 0.407 e. The summed E-state index contributed by atoms with van der Waals surface area (Å²) in [5.74, 6) is -1.14. The van der Waals surface area contributed by atoms with Gasteiger partial charge in [0.15, 0.2) is 0 Å². The van der Waals surface area contributed by atoms with E-state index in [0.717, 1.165) is 12.8 Å². The third-order valence-electron chi connectivity index (χ3n) is 6.91. The highest BCUT2D eigenvalue weighted by Crippen LogP contribution is 2.44. The lowest BCUT2D eigenvalue weighted by molar-refractivity contribution is -0.145. The summed E-state index contributed by atoms with van der Waals surface area (Å²) in [5, 5.41) is 12.0. The van der Waals surface area contributed by atoms with Crippen LogP contribution in [0.15, 0.2) is 48.5 Å². The van der Waals surface area contributed by atoms with Crippen LogP contribution in [-0.2, 0) is 19.1 Å². The molecule has 1 saturated carbocycles. The lowest BCUT2D eigenvalue weighted by atomic mass is 9.98. The molecule has 0 aromatic heterocycles. The quantitative estimate of drug-likeness (QED) is 0.538. The van der Waals surface area contributed by atoms with Crippen LogP contribution in [0, 0.1) is 5.92 Å². The molecule has 0 heterocycles. The van der Waals surface area contributed by atoms with Crippen LogP contribution in [0.3, 0.4) is 0 Å². The van der Waals surface area contributed by atoms with Crippen molar-refractivity contribution < 1.29 is 29.0 Å². The number of aliphatic carboxylic acids is 1. The second-order valence-corrected chi connectivity index (χ2v) is 9.25. The largest absolute Gasteiger partial charge is 0.480 e. The summed E-state index contributed by atoms with van der Waals surface area (Å²) >= 11 is 0. The van der Waals surface area contributed by atoms with Crippen molar-refractivity contribution in [3.63, 3.8) is 0 Å². The van der Waals surface area contributed by atoms with Crippen LogP contribution >= 0.6 is 0 Å². The number of carboxylic acids is 1. The van der Waals surface area contributed by atoms with E-state index in [9.17, 15) is 14.4 Å². The average Bonchev–Trinajstić information content (AvgIpc) is 3.41. The number of methoxy groups -OCH3 is 1. The van der Waals surface area contributed by atoms with Crippen LogP contribution in [-0.4, -0.2) is 67.4 Å². The number of carbonyl (C=O) groups excluding carboxylic acids is 2. The highest BCUT2D eigenvalue weighted by Gasteiger charge is 2.31. The zero-order valence-corrected chi connectivity index (χ0v) is 19.9. The first-order chi connectivity index (χ1) is 17.0. The molecule has 35 heavy (non-hydrogen) atoms. The maximum absolute atomic E-state index is 12.6. The molecule has 2 aromatic carbocycles. The van der Waals surface area contributed by atoms with Gasteiger partial charge in [-0.1, -0.05) is 48.5 Å². The van der Waals surface area contributed by atoms with E-state index in [4.69, 9.17) is 14.6 Å². The number of ether oxygens (including phenoxy) is 2. The number of nitrogens with one attached hydrogen (secondary N) is 1. The molecule has 1 fully saturated rings. The Balaban J connectivity index is 1.26. The van der Waals surface area contributed by atoms with Gasteiger partial charge in [0.2, 0.25) is 5.91 Å². The first-order valence-corrected chi connectivity index (χ1v) is 12.1. The fourth-order valence-electron chi connectivity index (χ4n) is 5.23. The summed E-state index contributed by atoms with van der Waals surface area (Å²) in [7, 11) is 1.51. The topological polar surface area (TPSA) is 105 Å². The lowest BCUT2D eigenvalue weighted by Crippen LogP contribution is -2.39. The summed E-state index contributed by atoms with van der Waals surface area (Å²) in [6.45, 7) is 0.458. The van der Waals surface area contributed by atoms with Crippen LogP contribution in [0.4, 0.5) is 4.79 Å². The van der Waals surface area contributed by atoms with E-state index in [-0.39, 0.29) is 56.5 Å². The van der Waals surface area contributed by atoms with E-state index in [1.807, 2.05) is 24.3 Å². The number of nitrogens with zero attached hydrogens (tertiary/aromatic N) is 1. The lowest BCUT2D eigenvalue weighted by Gasteiger charge is -2.22. The van der Waals surface area contributed by atoms with E-state index >= 15 is 0 Å². The first kappa shape index (κ1) is 24.7. The van der Waals surface area contributed by atoms with Crippen molar-refractivity contribution in [2.45, 2.75) is 37.6 Å². The van der Waals surface area contributed by atoms with Gasteiger partial charge in [-0.3, -0.25) is 9.59 Å². The van der Waals surface area contributed by atoms with E-state index in [1.54, 1.807) is 0 Å². The number of fused-ring (bicyclic) bond motifs is 3. The van der Waals surface area contributed by atoms with Gasteiger partial charge in [0, 0.05) is 32.0 Å². The molecule has 0 bridgehead atoms. The molecule has 2 aromatic rings. The number of rotatable bonds is 10. The summed E-state index contributed by atoms with van der Waals surface area (Å²) in [6, 6.07) is 16.4. The molecule has 0 saturated heterocycles. The highest BCUT2D eigenvalue weighted by atomic mass is 16.5. The normalized spacial score (nSPS) is 18.5. The number of alkyl carbamates (subject to hydrolysis) is 1. The maximum Gasteiger partial charge on any atom is 0.407 e. The highest BCUT2D eigenvalue weighted by molar-refractivity contribution is 5.81. The molecule has 8 nitrogen and oxygen atoms in total. The van der Waals surface area contributed by atoms with Gasteiger partial charge < -0.3 is 24.8 Å². The van der Waals surface area contributed by atoms with Crippen molar-refractivity contribution in [1.29, 1.82) is 0 Å². The molecule has 0 aliphatic heterocycles. The van der Waals surface area contributed by atoms with Crippen molar-refractivity contribution in [2.75, 3.05) is 33.4 Å². The number of amides is 2. The number of carboxylic acid groups (broad SMARTS) is 1. The first-order valence-electron chi connectivity index (χ1n) is 12.1. The number of carbonyl (C=O) groups is 3. The van der Waals surface area contributed by atoms with Gasteiger partial charge in [-0.05, 0) is 47.4 Å². The van der Waals surface area contributed by atoms with Gasteiger partial charge in [-0.15, -0.1) is 0 Å². The fraction of sp³-hybridized carbons (Fsp3) is 0.444. The summed E-state index contributed by atoms with van der Waals surface area (Å²) in [5.41, 5.74) is 4.70. The number of benzene rings is 2. The van der Waals surface area contributed by atoms with Gasteiger partial charge in [0.1, 0.15) is 13.2 Å². The zero-order chi connectivity index (χ0) is 24.8. The maximum atomic E-state index is 12.6. The van der Waals surface area contributed by atoms with E-state index in [2.05, 4.69) is 29.6 Å². The zero-order valence-electron chi connectivity index (χ0n) is 19.9. The molecule has 0 radical (unpaired) electrons. The van der Waals surface area contributed by atoms with E-state index in [1.165, 1.54) is 34.3 Å². The minimum atomic E-state index is -1.05. The summed E-state index contributed by atoms with van der Waals surface area (Å²) in [6.07, 6.45) is 2.04. The Bertz CT molecular complexity index is 1030. The number of hydrogen-bond donors (Lipinski definition) is 2. The molecule has 2 aliphatic carbocycles. The third-order valence-corrected chi connectivity index (χ3v) is 6.91. The molecule has 0 unspecified atom stereocenters. The van der Waals surface area contributed by atoms with Gasteiger partial charge in [0.05, 0.1) is 6.61 Å². The molecule has 2 aliphatic rings. The van der Waals surface area contributed by atoms with Crippen molar-refractivity contribution in [3.05, 3.63) is 59.7 Å². The van der Waals surface area contributed by atoms with Crippen LogP contribution in [0.5, 0.6) is 0 Å². The Kier molecular flexibility index (Phi) is 8.02. The monoisotopic (exact) mass is 480 g/mol.